The van der Waals surface area contributed by atoms with Crippen LogP contribution in [0.2, 0.25) is 0 Å². The van der Waals surface area contributed by atoms with E-state index in [1.54, 1.807) is 0 Å². The van der Waals surface area contributed by atoms with E-state index >= 15 is 0 Å². The fraction of sp³-hybridized carbons (Fsp3) is 0.615. The van der Waals surface area contributed by atoms with Crippen molar-refractivity contribution in [1.29, 1.82) is 0 Å². The number of carboxylic acid groups (broad SMARTS) is 1. The number of aromatic carboxylic acids is 1. The molecule has 0 bridgehead atoms. The first-order chi connectivity index (χ1) is 8.65. The molecule has 18 heavy (non-hydrogen) atoms. The Bertz CT molecular complexity index is 501. The lowest BCUT2D eigenvalue weighted by Crippen LogP contribution is -2.29. The van der Waals surface area contributed by atoms with Gasteiger partial charge in [-0.05, 0) is 19.3 Å². The van der Waals surface area contributed by atoms with Crippen molar-refractivity contribution >= 4 is 5.97 Å². The maximum Gasteiger partial charge on any atom is 0.343 e. The highest BCUT2D eigenvalue weighted by molar-refractivity contribution is 5.88. The van der Waals surface area contributed by atoms with E-state index in [2.05, 4.69) is 4.98 Å². The maximum atomic E-state index is 12.1. The SMILES string of the molecule is CCCn1cnc(C2CCCC2)c(C(=O)O)c1=O. The summed E-state index contributed by atoms with van der Waals surface area (Å²) in [6.45, 7) is 2.45. The summed E-state index contributed by atoms with van der Waals surface area (Å²) in [5.74, 6) is -1.01. The highest BCUT2D eigenvalue weighted by atomic mass is 16.4. The molecular weight excluding hydrogens is 232 g/mol. The van der Waals surface area contributed by atoms with Crippen LogP contribution in [0, 0.1) is 0 Å². The molecule has 1 saturated carbocycles. The number of hydrogen-bond acceptors (Lipinski definition) is 3. The smallest absolute Gasteiger partial charge is 0.343 e. The second-order valence-electron chi connectivity index (χ2n) is 4.79. The summed E-state index contributed by atoms with van der Waals surface area (Å²) in [6, 6.07) is 0. The summed E-state index contributed by atoms with van der Waals surface area (Å²) in [5, 5.41) is 9.25. The Hall–Kier alpha value is -1.65. The molecule has 1 fully saturated rings. The van der Waals surface area contributed by atoms with E-state index in [1.165, 1.54) is 10.9 Å². The van der Waals surface area contributed by atoms with Gasteiger partial charge < -0.3 is 5.11 Å². The molecule has 0 atom stereocenters. The fourth-order valence-electron chi connectivity index (χ4n) is 2.61. The Morgan fingerprint density at radius 3 is 2.72 bits per heavy atom. The van der Waals surface area contributed by atoms with Crippen molar-refractivity contribution in [3.63, 3.8) is 0 Å². The first-order valence-corrected chi connectivity index (χ1v) is 6.47. The zero-order valence-corrected chi connectivity index (χ0v) is 10.6. The molecule has 1 heterocycles. The molecule has 0 radical (unpaired) electrons. The van der Waals surface area contributed by atoms with Crippen molar-refractivity contribution in [3.8, 4) is 0 Å². The molecule has 2 rings (SSSR count). The minimum Gasteiger partial charge on any atom is -0.477 e. The van der Waals surface area contributed by atoms with Crippen LogP contribution in [0.3, 0.4) is 0 Å². The zero-order valence-electron chi connectivity index (χ0n) is 10.6. The molecule has 1 aliphatic carbocycles. The van der Waals surface area contributed by atoms with Crippen LogP contribution in [0.25, 0.3) is 0 Å². The monoisotopic (exact) mass is 250 g/mol. The van der Waals surface area contributed by atoms with E-state index in [1.807, 2.05) is 6.92 Å². The minimum absolute atomic E-state index is 0.127. The summed E-state index contributed by atoms with van der Waals surface area (Å²) in [5.41, 5.74) is -0.0588. The van der Waals surface area contributed by atoms with Crippen LogP contribution in [-0.2, 0) is 6.54 Å². The molecule has 0 amide bonds. The van der Waals surface area contributed by atoms with Gasteiger partial charge in [0.25, 0.3) is 5.56 Å². The Kier molecular flexibility index (Phi) is 3.79. The topological polar surface area (TPSA) is 72.2 Å². The van der Waals surface area contributed by atoms with Gasteiger partial charge in [-0.3, -0.25) is 9.36 Å². The lowest BCUT2D eigenvalue weighted by molar-refractivity contribution is 0.0691. The molecule has 5 heteroatoms. The van der Waals surface area contributed by atoms with Crippen LogP contribution < -0.4 is 5.56 Å². The number of aromatic nitrogens is 2. The molecule has 0 aromatic carbocycles. The second-order valence-corrected chi connectivity index (χ2v) is 4.79. The Morgan fingerprint density at radius 1 is 1.50 bits per heavy atom. The molecule has 0 aliphatic heterocycles. The van der Waals surface area contributed by atoms with E-state index in [0.717, 1.165) is 32.1 Å². The van der Waals surface area contributed by atoms with Crippen molar-refractivity contribution in [1.82, 2.24) is 9.55 Å². The number of nitrogens with zero attached hydrogens (tertiary/aromatic N) is 2. The number of aryl methyl sites for hydroxylation is 1. The van der Waals surface area contributed by atoms with E-state index in [9.17, 15) is 14.7 Å². The lowest BCUT2D eigenvalue weighted by Gasteiger charge is -2.13. The third kappa shape index (κ3) is 2.30. The minimum atomic E-state index is -1.15. The largest absolute Gasteiger partial charge is 0.477 e. The van der Waals surface area contributed by atoms with Crippen LogP contribution in [0.15, 0.2) is 11.1 Å². The predicted molar refractivity (Wildman–Crippen MR) is 67.0 cm³/mol. The maximum absolute atomic E-state index is 12.1. The summed E-state index contributed by atoms with van der Waals surface area (Å²) >= 11 is 0. The second kappa shape index (κ2) is 5.33. The quantitative estimate of drug-likeness (QED) is 0.887. The van der Waals surface area contributed by atoms with Crippen molar-refractivity contribution in [2.24, 2.45) is 0 Å². The normalized spacial score (nSPS) is 16.1. The van der Waals surface area contributed by atoms with Crippen LogP contribution in [-0.4, -0.2) is 20.6 Å². The van der Waals surface area contributed by atoms with Gasteiger partial charge in [0.2, 0.25) is 0 Å². The van der Waals surface area contributed by atoms with Crippen molar-refractivity contribution in [2.45, 2.75) is 51.5 Å². The summed E-state index contributed by atoms with van der Waals surface area (Å²) in [6.07, 6.45) is 6.32. The van der Waals surface area contributed by atoms with Crippen LogP contribution in [0.4, 0.5) is 0 Å². The molecular formula is C13H18N2O3. The average molecular weight is 250 g/mol. The molecule has 1 aromatic heterocycles. The molecule has 0 unspecified atom stereocenters. The molecule has 1 aromatic rings. The van der Waals surface area contributed by atoms with Gasteiger partial charge in [0.1, 0.15) is 5.56 Å². The average Bonchev–Trinajstić information content (AvgIpc) is 2.84. The van der Waals surface area contributed by atoms with Crippen molar-refractivity contribution < 1.29 is 9.90 Å². The van der Waals surface area contributed by atoms with Gasteiger partial charge in [-0.2, -0.15) is 0 Å². The van der Waals surface area contributed by atoms with Gasteiger partial charge in [-0.1, -0.05) is 19.8 Å². The highest BCUT2D eigenvalue weighted by Crippen LogP contribution is 2.33. The molecule has 98 valence electrons. The van der Waals surface area contributed by atoms with Crippen LogP contribution in [0.5, 0.6) is 0 Å². The molecule has 0 spiro atoms. The predicted octanol–water partition coefficient (Wildman–Crippen LogP) is 2.01. The first-order valence-electron chi connectivity index (χ1n) is 6.47. The van der Waals surface area contributed by atoms with Crippen LogP contribution in [0.1, 0.15) is 61.0 Å². The molecule has 1 aliphatic rings. The number of rotatable bonds is 4. The van der Waals surface area contributed by atoms with Gasteiger partial charge >= 0.3 is 5.97 Å². The van der Waals surface area contributed by atoms with Crippen molar-refractivity contribution in [2.75, 3.05) is 0 Å². The number of carboxylic acids is 1. The fourth-order valence-corrected chi connectivity index (χ4v) is 2.61. The van der Waals surface area contributed by atoms with E-state index in [4.69, 9.17) is 0 Å². The van der Waals surface area contributed by atoms with Gasteiger partial charge in [0.15, 0.2) is 0 Å². The van der Waals surface area contributed by atoms with Crippen LogP contribution >= 0.6 is 0 Å². The highest BCUT2D eigenvalue weighted by Gasteiger charge is 2.27. The third-order valence-corrected chi connectivity index (χ3v) is 3.49. The Morgan fingerprint density at radius 2 is 2.17 bits per heavy atom. The summed E-state index contributed by atoms with van der Waals surface area (Å²) in [4.78, 5) is 27.7. The van der Waals surface area contributed by atoms with Gasteiger partial charge in [-0.25, -0.2) is 9.78 Å². The number of hydrogen-bond donors (Lipinski definition) is 1. The summed E-state index contributed by atoms with van der Waals surface area (Å²) in [7, 11) is 0. The molecule has 1 N–H and O–H groups in total. The first kappa shape index (κ1) is 12.8. The molecule has 5 nitrogen and oxygen atoms in total. The lowest BCUT2D eigenvalue weighted by atomic mass is 9.99. The zero-order chi connectivity index (χ0) is 13.1. The Labute approximate surface area is 105 Å². The van der Waals surface area contributed by atoms with E-state index in [0.29, 0.717) is 12.2 Å². The van der Waals surface area contributed by atoms with E-state index in [-0.39, 0.29) is 11.5 Å². The van der Waals surface area contributed by atoms with Gasteiger partial charge in [0, 0.05) is 12.5 Å². The van der Waals surface area contributed by atoms with Crippen molar-refractivity contribution in [3.05, 3.63) is 27.9 Å². The van der Waals surface area contributed by atoms with E-state index < -0.39 is 11.5 Å². The standard InChI is InChI=1S/C13H18N2O3/c1-2-7-15-8-14-11(9-5-3-4-6-9)10(12(15)16)13(17)18/h8-9H,2-7H2,1H3,(H,17,18). The van der Waals surface area contributed by atoms with Gasteiger partial charge in [-0.15, -0.1) is 0 Å². The third-order valence-electron chi connectivity index (χ3n) is 3.49. The summed E-state index contributed by atoms with van der Waals surface area (Å²) < 4.78 is 1.39. The number of carbonyl (C=O) groups is 1. The molecule has 0 saturated heterocycles. The van der Waals surface area contributed by atoms with Gasteiger partial charge in [0.05, 0.1) is 12.0 Å². The Balaban J connectivity index is 2.50.